The van der Waals surface area contributed by atoms with Crippen molar-refractivity contribution >= 4 is 11.6 Å². The zero-order chi connectivity index (χ0) is 16.7. The molecule has 1 amide bonds. The Bertz CT molecular complexity index is 506. The van der Waals surface area contributed by atoms with Crippen molar-refractivity contribution in [1.82, 2.24) is 15.8 Å². The number of anilines is 1. The Morgan fingerprint density at radius 2 is 2.09 bits per heavy atom. The number of para-hydroxylation sites is 1. The smallest absolute Gasteiger partial charge is 0.217 e. The van der Waals surface area contributed by atoms with Gasteiger partial charge in [-0.15, -0.1) is 0 Å². The summed E-state index contributed by atoms with van der Waals surface area (Å²) in [5.74, 6) is 0.0145. The van der Waals surface area contributed by atoms with E-state index in [0.717, 1.165) is 19.6 Å². The van der Waals surface area contributed by atoms with Crippen LogP contribution in [0.15, 0.2) is 24.3 Å². The molecule has 1 heterocycles. The number of amides is 1. The van der Waals surface area contributed by atoms with Crippen LogP contribution in [0.5, 0.6) is 0 Å². The Kier molecular flexibility index (Phi) is 6.86. The van der Waals surface area contributed by atoms with Crippen molar-refractivity contribution in [3.05, 3.63) is 29.8 Å². The molecule has 1 aromatic carbocycles. The van der Waals surface area contributed by atoms with Crippen LogP contribution in [-0.2, 0) is 11.3 Å². The topological polar surface area (TPSA) is 47.6 Å². The number of unbranched alkanes of at least 4 members (excludes halogenated alkanes) is 1. The second kappa shape index (κ2) is 8.89. The third-order valence-corrected chi connectivity index (χ3v) is 4.52. The molecule has 1 aliphatic heterocycles. The molecule has 1 atom stereocenters. The molecule has 5 heteroatoms. The first-order chi connectivity index (χ1) is 11.2. The van der Waals surface area contributed by atoms with Crippen LogP contribution in [0, 0.1) is 0 Å². The average molecular weight is 318 g/mol. The number of carbonyl (C=O) groups is 1. The molecule has 2 rings (SSSR count). The summed E-state index contributed by atoms with van der Waals surface area (Å²) < 4.78 is 0. The van der Waals surface area contributed by atoms with E-state index in [2.05, 4.69) is 45.8 Å². The average Bonchev–Trinajstić information content (AvgIpc) is 2.58. The van der Waals surface area contributed by atoms with Gasteiger partial charge in [0.25, 0.3) is 0 Å². The summed E-state index contributed by atoms with van der Waals surface area (Å²) in [7, 11) is 2.01. The zero-order valence-electron chi connectivity index (χ0n) is 14.6. The summed E-state index contributed by atoms with van der Waals surface area (Å²) >= 11 is 0. The minimum atomic E-state index is 0.0145. The van der Waals surface area contributed by atoms with Gasteiger partial charge >= 0.3 is 0 Å². The Morgan fingerprint density at radius 1 is 1.30 bits per heavy atom. The van der Waals surface area contributed by atoms with Crippen LogP contribution in [0.25, 0.3) is 0 Å². The third-order valence-electron chi connectivity index (χ3n) is 4.52. The number of hydrogen-bond donors (Lipinski definition) is 2. The Balaban J connectivity index is 2.10. The van der Waals surface area contributed by atoms with Crippen LogP contribution < -0.4 is 15.6 Å². The lowest BCUT2D eigenvalue weighted by molar-refractivity contribution is -0.119. The molecule has 0 spiro atoms. The normalized spacial score (nSPS) is 18.9. The fourth-order valence-electron chi connectivity index (χ4n) is 3.24. The fourth-order valence-corrected chi connectivity index (χ4v) is 3.24. The minimum absolute atomic E-state index is 0.0145. The quantitative estimate of drug-likeness (QED) is 0.809. The Hall–Kier alpha value is -1.59. The lowest BCUT2D eigenvalue weighted by atomic mass is 10.0. The van der Waals surface area contributed by atoms with E-state index in [-0.39, 0.29) is 5.91 Å². The lowest BCUT2D eigenvalue weighted by Gasteiger charge is -2.42. The molecule has 128 valence electrons. The summed E-state index contributed by atoms with van der Waals surface area (Å²) in [6.45, 7) is 7.44. The molecule has 5 nitrogen and oxygen atoms in total. The van der Waals surface area contributed by atoms with Gasteiger partial charge in [-0.25, -0.2) is 5.01 Å². The number of carbonyl (C=O) groups excluding carboxylic acids is 1. The van der Waals surface area contributed by atoms with Crippen molar-refractivity contribution in [2.24, 2.45) is 0 Å². The van der Waals surface area contributed by atoms with Gasteiger partial charge in [-0.05, 0) is 25.1 Å². The first kappa shape index (κ1) is 17.8. The van der Waals surface area contributed by atoms with E-state index in [0.29, 0.717) is 12.6 Å². The van der Waals surface area contributed by atoms with Crippen molar-refractivity contribution in [3.8, 4) is 0 Å². The maximum absolute atomic E-state index is 11.2. The van der Waals surface area contributed by atoms with Crippen LogP contribution in [0.4, 0.5) is 5.69 Å². The van der Waals surface area contributed by atoms with Crippen molar-refractivity contribution in [1.29, 1.82) is 0 Å². The molecule has 0 aromatic heterocycles. The lowest BCUT2D eigenvalue weighted by Crippen LogP contribution is -2.57. The van der Waals surface area contributed by atoms with Crippen molar-refractivity contribution in [2.75, 3.05) is 31.6 Å². The molecule has 2 N–H and O–H groups in total. The van der Waals surface area contributed by atoms with E-state index in [1.54, 1.807) is 6.92 Å². The van der Waals surface area contributed by atoms with Crippen LogP contribution in [0.3, 0.4) is 0 Å². The predicted octanol–water partition coefficient (Wildman–Crippen LogP) is 2.14. The standard InChI is InChI=1S/C18H30N4O/c1-4-5-9-17-14-21(11-12-22(17)19-3)18-10-7-6-8-16(18)13-20-15(2)23/h6-8,10,17,19H,4-5,9,11-14H2,1-3H3,(H,20,23). The van der Waals surface area contributed by atoms with E-state index in [9.17, 15) is 4.79 Å². The molecule has 1 unspecified atom stereocenters. The predicted molar refractivity (Wildman–Crippen MR) is 95.3 cm³/mol. The molecule has 0 aliphatic carbocycles. The number of rotatable bonds is 7. The first-order valence-electron chi connectivity index (χ1n) is 8.67. The highest BCUT2D eigenvalue weighted by atomic mass is 16.1. The van der Waals surface area contributed by atoms with E-state index in [1.807, 2.05) is 13.1 Å². The molecular weight excluding hydrogens is 288 g/mol. The molecule has 0 saturated carbocycles. The molecule has 1 saturated heterocycles. The second-order valence-electron chi connectivity index (χ2n) is 6.20. The van der Waals surface area contributed by atoms with Gasteiger partial charge in [0.2, 0.25) is 5.91 Å². The molecule has 1 fully saturated rings. The van der Waals surface area contributed by atoms with Gasteiger partial charge in [0.15, 0.2) is 0 Å². The van der Waals surface area contributed by atoms with Gasteiger partial charge in [-0.2, -0.15) is 0 Å². The van der Waals surface area contributed by atoms with Gasteiger partial charge in [-0.3, -0.25) is 10.2 Å². The monoisotopic (exact) mass is 318 g/mol. The largest absolute Gasteiger partial charge is 0.368 e. The van der Waals surface area contributed by atoms with Gasteiger partial charge in [0.1, 0.15) is 0 Å². The SMILES string of the molecule is CCCCC1CN(c2ccccc2CNC(C)=O)CCN1NC. The van der Waals surface area contributed by atoms with Crippen LogP contribution in [0.1, 0.15) is 38.7 Å². The van der Waals surface area contributed by atoms with E-state index >= 15 is 0 Å². The number of nitrogens with zero attached hydrogens (tertiary/aromatic N) is 2. The molecule has 0 radical (unpaired) electrons. The molecular formula is C18H30N4O. The summed E-state index contributed by atoms with van der Waals surface area (Å²) in [6.07, 6.45) is 3.69. The second-order valence-corrected chi connectivity index (χ2v) is 6.20. The van der Waals surface area contributed by atoms with Crippen molar-refractivity contribution in [2.45, 2.75) is 45.7 Å². The van der Waals surface area contributed by atoms with Crippen LogP contribution in [0.2, 0.25) is 0 Å². The van der Waals surface area contributed by atoms with Crippen LogP contribution in [-0.4, -0.2) is 43.6 Å². The van der Waals surface area contributed by atoms with Gasteiger partial charge in [0.05, 0.1) is 0 Å². The summed E-state index contributed by atoms with van der Waals surface area (Å²) in [6, 6.07) is 8.93. The Morgan fingerprint density at radius 3 is 2.78 bits per heavy atom. The summed E-state index contributed by atoms with van der Waals surface area (Å²) in [5.41, 5.74) is 5.78. The molecule has 1 aliphatic rings. The number of hydrazine groups is 1. The molecule has 0 bridgehead atoms. The highest BCUT2D eigenvalue weighted by Gasteiger charge is 2.26. The van der Waals surface area contributed by atoms with E-state index < -0.39 is 0 Å². The fraction of sp³-hybridized carbons (Fsp3) is 0.611. The number of hydrogen-bond acceptors (Lipinski definition) is 4. The first-order valence-corrected chi connectivity index (χ1v) is 8.67. The number of benzene rings is 1. The summed E-state index contributed by atoms with van der Waals surface area (Å²) in [4.78, 5) is 13.7. The summed E-state index contributed by atoms with van der Waals surface area (Å²) in [5, 5.41) is 5.28. The maximum atomic E-state index is 11.2. The highest BCUT2D eigenvalue weighted by Crippen LogP contribution is 2.24. The number of piperazine rings is 1. The minimum Gasteiger partial charge on any atom is -0.368 e. The number of nitrogens with one attached hydrogen (secondary N) is 2. The molecule has 1 aromatic rings. The Labute approximate surface area is 140 Å². The zero-order valence-corrected chi connectivity index (χ0v) is 14.6. The maximum Gasteiger partial charge on any atom is 0.217 e. The van der Waals surface area contributed by atoms with Gasteiger partial charge < -0.3 is 10.2 Å². The molecule has 23 heavy (non-hydrogen) atoms. The van der Waals surface area contributed by atoms with Gasteiger partial charge in [-0.1, -0.05) is 38.0 Å². The van der Waals surface area contributed by atoms with E-state index in [1.165, 1.54) is 30.5 Å². The van der Waals surface area contributed by atoms with Crippen LogP contribution >= 0.6 is 0 Å². The van der Waals surface area contributed by atoms with Gasteiger partial charge in [0, 0.05) is 44.8 Å². The van der Waals surface area contributed by atoms with Crippen molar-refractivity contribution < 1.29 is 4.79 Å². The van der Waals surface area contributed by atoms with E-state index in [4.69, 9.17) is 0 Å². The van der Waals surface area contributed by atoms with Crippen molar-refractivity contribution in [3.63, 3.8) is 0 Å². The third kappa shape index (κ3) is 4.94. The highest BCUT2D eigenvalue weighted by molar-refractivity contribution is 5.73.